The highest BCUT2D eigenvalue weighted by atomic mass is 16.5. The van der Waals surface area contributed by atoms with Crippen molar-refractivity contribution in [1.82, 2.24) is 19.9 Å². The lowest BCUT2D eigenvalue weighted by Gasteiger charge is -2.26. The number of ether oxygens (including phenoxy) is 1. The second-order valence-electron chi connectivity index (χ2n) is 6.27. The standard InChI is InChI=1S/C18H19N7O/c1-24(15-4-3-12(9-19)18(23-15)26-2)13-6-8-25(10-13)17-14-5-7-20-16(14)21-11-22-17/h3-5,7,11,13H,6,8,10H2,1-2H3,(H,20,21,22)/t13-/m1/s1. The van der Waals surface area contributed by atoms with Gasteiger partial charge in [0, 0.05) is 32.4 Å². The van der Waals surface area contributed by atoms with Crippen LogP contribution in [0.5, 0.6) is 5.88 Å². The van der Waals surface area contributed by atoms with Gasteiger partial charge in [0.05, 0.1) is 12.5 Å². The van der Waals surface area contributed by atoms with Crippen molar-refractivity contribution in [1.29, 1.82) is 5.26 Å². The number of nitrogens with zero attached hydrogens (tertiary/aromatic N) is 6. The molecule has 0 spiro atoms. The van der Waals surface area contributed by atoms with Gasteiger partial charge in [0.25, 0.3) is 0 Å². The maximum atomic E-state index is 9.12. The fraction of sp³-hybridized carbons (Fsp3) is 0.333. The first-order valence-electron chi connectivity index (χ1n) is 8.42. The number of nitriles is 1. The average molecular weight is 349 g/mol. The molecule has 0 aromatic carbocycles. The molecule has 1 aliphatic heterocycles. The molecule has 1 fully saturated rings. The first-order valence-corrected chi connectivity index (χ1v) is 8.42. The molecular formula is C18H19N7O. The fourth-order valence-electron chi connectivity index (χ4n) is 3.42. The van der Waals surface area contributed by atoms with Crippen LogP contribution in [0.4, 0.5) is 11.6 Å². The summed E-state index contributed by atoms with van der Waals surface area (Å²) in [7, 11) is 3.55. The van der Waals surface area contributed by atoms with Crippen molar-refractivity contribution in [3.63, 3.8) is 0 Å². The van der Waals surface area contributed by atoms with Gasteiger partial charge in [0.15, 0.2) is 0 Å². The topological polar surface area (TPSA) is 94.0 Å². The van der Waals surface area contributed by atoms with Gasteiger partial charge in [-0.1, -0.05) is 0 Å². The minimum Gasteiger partial charge on any atom is -0.480 e. The predicted molar refractivity (Wildman–Crippen MR) is 98.4 cm³/mol. The minimum atomic E-state index is 0.295. The van der Waals surface area contributed by atoms with Crippen LogP contribution < -0.4 is 14.5 Å². The zero-order valence-corrected chi connectivity index (χ0v) is 14.7. The van der Waals surface area contributed by atoms with Crippen molar-refractivity contribution in [3.05, 3.63) is 36.3 Å². The lowest BCUT2D eigenvalue weighted by atomic mass is 10.2. The first kappa shape index (κ1) is 16.1. The van der Waals surface area contributed by atoms with Gasteiger partial charge in [-0.25, -0.2) is 9.97 Å². The molecule has 0 saturated carbocycles. The van der Waals surface area contributed by atoms with E-state index in [0.717, 1.165) is 42.2 Å². The quantitative estimate of drug-likeness (QED) is 0.769. The molecule has 8 nitrogen and oxygen atoms in total. The maximum Gasteiger partial charge on any atom is 0.233 e. The van der Waals surface area contributed by atoms with E-state index in [2.05, 4.69) is 35.8 Å². The Bertz CT molecular complexity index is 977. The number of rotatable bonds is 4. The van der Waals surface area contributed by atoms with Crippen LogP contribution >= 0.6 is 0 Å². The number of fused-ring (bicyclic) bond motifs is 1. The van der Waals surface area contributed by atoms with Crippen LogP contribution in [-0.4, -0.2) is 53.2 Å². The van der Waals surface area contributed by atoms with E-state index in [-0.39, 0.29) is 0 Å². The molecule has 0 amide bonds. The number of pyridine rings is 1. The molecule has 132 valence electrons. The third-order valence-electron chi connectivity index (χ3n) is 4.86. The molecule has 3 aromatic rings. The summed E-state index contributed by atoms with van der Waals surface area (Å²) in [5, 5.41) is 10.2. The highest BCUT2D eigenvalue weighted by Crippen LogP contribution is 2.29. The Hall–Kier alpha value is -3.34. The summed E-state index contributed by atoms with van der Waals surface area (Å²) < 4.78 is 5.23. The summed E-state index contributed by atoms with van der Waals surface area (Å²) in [5.41, 5.74) is 1.29. The van der Waals surface area contributed by atoms with E-state index in [1.165, 1.54) is 7.11 Å². The number of hydrogen-bond acceptors (Lipinski definition) is 7. The monoisotopic (exact) mass is 349 g/mol. The fourth-order valence-corrected chi connectivity index (χ4v) is 3.42. The molecule has 1 atom stereocenters. The van der Waals surface area contributed by atoms with Gasteiger partial charge in [-0.2, -0.15) is 10.2 Å². The van der Waals surface area contributed by atoms with Gasteiger partial charge in [0.2, 0.25) is 5.88 Å². The van der Waals surface area contributed by atoms with Gasteiger partial charge in [-0.05, 0) is 24.6 Å². The zero-order valence-electron chi connectivity index (χ0n) is 14.7. The predicted octanol–water partition coefficient (Wildman–Crippen LogP) is 1.95. The summed E-state index contributed by atoms with van der Waals surface area (Å²) in [5.74, 6) is 2.11. The van der Waals surface area contributed by atoms with Gasteiger partial charge < -0.3 is 19.5 Å². The number of likely N-dealkylation sites (N-methyl/N-ethyl adjacent to an activating group) is 1. The van der Waals surface area contributed by atoms with Crippen molar-refractivity contribution >= 4 is 22.7 Å². The summed E-state index contributed by atoms with van der Waals surface area (Å²) in [6.45, 7) is 1.76. The third kappa shape index (κ3) is 2.67. The van der Waals surface area contributed by atoms with E-state index >= 15 is 0 Å². The minimum absolute atomic E-state index is 0.295. The molecular weight excluding hydrogens is 330 g/mol. The van der Waals surface area contributed by atoms with Gasteiger partial charge in [0.1, 0.15) is 35.2 Å². The summed E-state index contributed by atoms with van der Waals surface area (Å²) in [6.07, 6.45) is 4.48. The van der Waals surface area contributed by atoms with Crippen LogP contribution in [0.1, 0.15) is 12.0 Å². The van der Waals surface area contributed by atoms with Crippen LogP contribution in [-0.2, 0) is 0 Å². The molecule has 4 rings (SSSR count). The molecule has 3 aromatic heterocycles. The van der Waals surface area contributed by atoms with Crippen molar-refractivity contribution in [2.45, 2.75) is 12.5 Å². The van der Waals surface area contributed by atoms with Crippen LogP contribution in [0.25, 0.3) is 11.0 Å². The Labute approximate surface area is 151 Å². The molecule has 0 radical (unpaired) electrons. The van der Waals surface area contributed by atoms with E-state index < -0.39 is 0 Å². The summed E-state index contributed by atoms with van der Waals surface area (Å²) in [4.78, 5) is 20.8. The number of aromatic nitrogens is 4. The van der Waals surface area contributed by atoms with E-state index in [1.807, 2.05) is 25.4 Å². The van der Waals surface area contributed by atoms with Gasteiger partial charge >= 0.3 is 0 Å². The smallest absolute Gasteiger partial charge is 0.233 e. The highest BCUT2D eigenvalue weighted by molar-refractivity contribution is 5.87. The second-order valence-corrected chi connectivity index (χ2v) is 6.27. The molecule has 26 heavy (non-hydrogen) atoms. The number of methoxy groups -OCH3 is 1. The molecule has 8 heteroatoms. The van der Waals surface area contributed by atoms with E-state index in [9.17, 15) is 0 Å². The molecule has 0 unspecified atom stereocenters. The number of aromatic amines is 1. The lowest BCUT2D eigenvalue weighted by Crippen LogP contribution is -2.35. The normalized spacial score (nSPS) is 16.7. The van der Waals surface area contributed by atoms with Crippen LogP contribution in [0.2, 0.25) is 0 Å². The van der Waals surface area contributed by atoms with Crippen LogP contribution in [0, 0.1) is 11.3 Å². The van der Waals surface area contributed by atoms with E-state index in [4.69, 9.17) is 10.00 Å². The summed E-state index contributed by atoms with van der Waals surface area (Å²) in [6, 6.07) is 8.01. The van der Waals surface area contributed by atoms with Crippen LogP contribution in [0.3, 0.4) is 0 Å². The number of anilines is 2. The summed E-state index contributed by atoms with van der Waals surface area (Å²) >= 11 is 0. The Kier molecular flexibility index (Phi) is 4.05. The van der Waals surface area contributed by atoms with Crippen LogP contribution in [0.15, 0.2) is 30.7 Å². The lowest BCUT2D eigenvalue weighted by molar-refractivity contribution is 0.396. The highest BCUT2D eigenvalue weighted by Gasteiger charge is 2.28. The Morgan fingerprint density at radius 3 is 3.04 bits per heavy atom. The average Bonchev–Trinajstić information content (AvgIpc) is 3.36. The maximum absolute atomic E-state index is 9.12. The van der Waals surface area contributed by atoms with Gasteiger partial charge in [-0.15, -0.1) is 0 Å². The van der Waals surface area contributed by atoms with E-state index in [0.29, 0.717) is 17.5 Å². The first-order chi connectivity index (χ1) is 12.7. The second kappa shape index (κ2) is 6.52. The third-order valence-corrected chi connectivity index (χ3v) is 4.86. The largest absolute Gasteiger partial charge is 0.480 e. The molecule has 0 aliphatic carbocycles. The molecule has 1 aliphatic rings. The van der Waals surface area contributed by atoms with Crippen molar-refractivity contribution in [2.24, 2.45) is 0 Å². The Morgan fingerprint density at radius 1 is 1.35 bits per heavy atom. The molecule has 0 bridgehead atoms. The van der Waals surface area contributed by atoms with Gasteiger partial charge in [-0.3, -0.25) is 0 Å². The molecule has 4 heterocycles. The SMILES string of the molecule is COc1nc(N(C)[C@@H]2CCN(c3ncnc4[nH]ccc34)C2)ccc1C#N. The number of H-pyrrole nitrogens is 1. The zero-order chi connectivity index (χ0) is 18.1. The number of nitrogens with one attached hydrogen (secondary N) is 1. The molecule has 1 saturated heterocycles. The number of hydrogen-bond donors (Lipinski definition) is 1. The van der Waals surface area contributed by atoms with Crippen molar-refractivity contribution < 1.29 is 4.74 Å². The van der Waals surface area contributed by atoms with E-state index in [1.54, 1.807) is 12.4 Å². The van der Waals surface area contributed by atoms with Crippen molar-refractivity contribution in [2.75, 3.05) is 37.0 Å². The molecule has 1 N–H and O–H groups in total. The Morgan fingerprint density at radius 2 is 2.23 bits per heavy atom. The van der Waals surface area contributed by atoms with Crippen molar-refractivity contribution in [3.8, 4) is 11.9 Å². The Balaban J connectivity index is 1.55.